The molecule has 0 radical (unpaired) electrons. The smallest absolute Gasteiger partial charge is 0.164 e. The Morgan fingerprint density at radius 3 is 2.82 bits per heavy atom. The van der Waals surface area contributed by atoms with Gasteiger partial charge in [-0.3, -0.25) is 4.68 Å². The Balaban J connectivity index is 1.98. The Hall–Kier alpha value is -1.88. The van der Waals surface area contributed by atoms with E-state index in [1.807, 2.05) is 32.2 Å². The maximum Gasteiger partial charge on any atom is 0.164 e. The number of phenols is 1. The van der Waals surface area contributed by atoms with Gasteiger partial charge in [0.05, 0.1) is 6.54 Å². The zero-order valence-corrected chi connectivity index (χ0v) is 9.96. The van der Waals surface area contributed by atoms with Gasteiger partial charge in [0.1, 0.15) is 12.1 Å². The van der Waals surface area contributed by atoms with Crippen LogP contribution in [-0.4, -0.2) is 19.9 Å². The van der Waals surface area contributed by atoms with Gasteiger partial charge in [0.25, 0.3) is 0 Å². The number of benzene rings is 1. The van der Waals surface area contributed by atoms with Crippen LogP contribution >= 0.6 is 0 Å². The lowest BCUT2D eigenvalue weighted by molar-refractivity contribution is 0.451. The number of hydrogen-bond acceptors (Lipinski definition) is 4. The van der Waals surface area contributed by atoms with Gasteiger partial charge < -0.3 is 10.4 Å². The van der Waals surface area contributed by atoms with Crippen LogP contribution in [0.3, 0.4) is 0 Å². The van der Waals surface area contributed by atoms with Crippen LogP contribution in [0.4, 0.5) is 0 Å². The lowest BCUT2D eigenvalue weighted by atomic mass is 10.1. The highest BCUT2D eigenvalue weighted by atomic mass is 16.3. The monoisotopic (exact) mass is 232 g/mol. The van der Waals surface area contributed by atoms with Crippen molar-refractivity contribution >= 4 is 0 Å². The summed E-state index contributed by atoms with van der Waals surface area (Å²) in [6.45, 7) is 2.58. The molecule has 0 aliphatic rings. The molecule has 17 heavy (non-hydrogen) atoms. The van der Waals surface area contributed by atoms with E-state index in [-0.39, 0.29) is 6.04 Å². The minimum Gasteiger partial charge on any atom is -0.508 e. The Bertz CT molecular complexity index is 495. The van der Waals surface area contributed by atoms with E-state index in [0.29, 0.717) is 12.3 Å². The first kappa shape index (κ1) is 11.6. The van der Waals surface area contributed by atoms with Crippen LogP contribution in [0.25, 0.3) is 0 Å². The molecule has 2 rings (SSSR count). The number of phenolic OH excluding ortho intramolecular Hbond substituents is 1. The van der Waals surface area contributed by atoms with Crippen molar-refractivity contribution in [1.82, 2.24) is 20.1 Å². The molecule has 0 fully saturated rings. The van der Waals surface area contributed by atoms with Crippen molar-refractivity contribution in [1.29, 1.82) is 0 Å². The summed E-state index contributed by atoms with van der Waals surface area (Å²) in [7, 11) is 1.84. The third-order valence-electron chi connectivity index (χ3n) is 2.62. The fourth-order valence-electron chi connectivity index (χ4n) is 1.67. The number of aromatic hydroxyl groups is 1. The Morgan fingerprint density at radius 2 is 2.18 bits per heavy atom. The van der Waals surface area contributed by atoms with Gasteiger partial charge in [-0.05, 0) is 13.0 Å². The summed E-state index contributed by atoms with van der Waals surface area (Å²) in [5.41, 5.74) is 0.878. The molecule has 1 aromatic carbocycles. The van der Waals surface area contributed by atoms with E-state index >= 15 is 0 Å². The third kappa shape index (κ3) is 2.82. The van der Waals surface area contributed by atoms with Gasteiger partial charge in [-0.2, -0.15) is 5.10 Å². The fraction of sp³-hybridized carbons (Fsp3) is 0.333. The van der Waals surface area contributed by atoms with Gasteiger partial charge in [0, 0.05) is 18.7 Å². The molecular formula is C12H16N4O. The number of hydrogen-bond donors (Lipinski definition) is 2. The van der Waals surface area contributed by atoms with Crippen LogP contribution in [0.1, 0.15) is 24.4 Å². The van der Waals surface area contributed by atoms with Gasteiger partial charge in [-0.1, -0.05) is 18.2 Å². The maximum absolute atomic E-state index is 9.71. The van der Waals surface area contributed by atoms with E-state index in [1.54, 1.807) is 17.1 Å². The summed E-state index contributed by atoms with van der Waals surface area (Å²) in [4.78, 5) is 4.13. The predicted molar refractivity (Wildman–Crippen MR) is 64.4 cm³/mol. The van der Waals surface area contributed by atoms with E-state index in [4.69, 9.17) is 0 Å². The highest BCUT2D eigenvalue weighted by molar-refractivity contribution is 5.34. The number of nitrogens with zero attached hydrogens (tertiary/aromatic N) is 3. The third-order valence-corrected chi connectivity index (χ3v) is 2.62. The van der Waals surface area contributed by atoms with E-state index in [9.17, 15) is 5.11 Å². The van der Waals surface area contributed by atoms with Crippen molar-refractivity contribution < 1.29 is 5.11 Å². The van der Waals surface area contributed by atoms with E-state index < -0.39 is 0 Å². The molecule has 1 aromatic heterocycles. The Morgan fingerprint density at radius 1 is 1.41 bits per heavy atom. The normalized spacial score (nSPS) is 12.6. The molecule has 5 nitrogen and oxygen atoms in total. The summed E-state index contributed by atoms with van der Waals surface area (Å²) < 4.78 is 1.67. The summed E-state index contributed by atoms with van der Waals surface area (Å²) in [5.74, 6) is 1.05. The van der Waals surface area contributed by atoms with E-state index in [1.165, 1.54) is 0 Å². The lowest BCUT2D eigenvalue weighted by Crippen LogP contribution is -2.19. The second-order valence-electron chi connectivity index (χ2n) is 4.00. The molecule has 0 aliphatic carbocycles. The van der Waals surface area contributed by atoms with E-state index in [2.05, 4.69) is 15.4 Å². The average molecular weight is 232 g/mol. The van der Waals surface area contributed by atoms with Gasteiger partial charge in [0.15, 0.2) is 5.82 Å². The molecule has 0 bridgehead atoms. The van der Waals surface area contributed by atoms with Crippen LogP contribution in [-0.2, 0) is 13.6 Å². The van der Waals surface area contributed by atoms with Gasteiger partial charge in [0.2, 0.25) is 0 Å². The molecule has 0 amide bonds. The molecule has 1 heterocycles. The van der Waals surface area contributed by atoms with Crippen LogP contribution in [0.15, 0.2) is 30.6 Å². The van der Waals surface area contributed by atoms with Crippen molar-refractivity contribution in [2.45, 2.75) is 19.5 Å². The SMILES string of the molecule is CC(NCc1ncn(C)n1)c1ccccc1O. The second-order valence-corrected chi connectivity index (χ2v) is 4.00. The van der Waals surface area contributed by atoms with Crippen molar-refractivity contribution in [3.05, 3.63) is 42.0 Å². The van der Waals surface area contributed by atoms with Crippen LogP contribution in [0.2, 0.25) is 0 Å². The van der Waals surface area contributed by atoms with Crippen LogP contribution < -0.4 is 5.32 Å². The topological polar surface area (TPSA) is 63.0 Å². The lowest BCUT2D eigenvalue weighted by Gasteiger charge is -2.14. The molecule has 0 saturated carbocycles. The Kier molecular flexibility index (Phi) is 3.39. The minimum absolute atomic E-state index is 0.0556. The van der Waals surface area contributed by atoms with Crippen LogP contribution in [0, 0.1) is 0 Å². The molecule has 2 aromatic rings. The van der Waals surface area contributed by atoms with Crippen molar-refractivity contribution in [3.63, 3.8) is 0 Å². The molecular weight excluding hydrogens is 216 g/mol. The molecule has 0 aliphatic heterocycles. The quantitative estimate of drug-likeness (QED) is 0.835. The largest absolute Gasteiger partial charge is 0.508 e. The molecule has 0 saturated heterocycles. The Labute approximate surface area is 100 Å². The molecule has 90 valence electrons. The number of aryl methyl sites for hydroxylation is 1. The summed E-state index contributed by atoms with van der Waals surface area (Å²) >= 11 is 0. The number of rotatable bonds is 4. The molecule has 1 atom stereocenters. The average Bonchev–Trinajstić information content (AvgIpc) is 2.73. The van der Waals surface area contributed by atoms with Crippen molar-refractivity contribution in [2.24, 2.45) is 7.05 Å². The zero-order valence-electron chi connectivity index (χ0n) is 9.96. The maximum atomic E-state index is 9.71. The first-order valence-electron chi connectivity index (χ1n) is 5.52. The number of para-hydroxylation sites is 1. The molecule has 0 spiro atoms. The van der Waals surface area contributed by atoms with Crippen molar-refractivity contribution in [2.75, 3.05) is 0 Å². The first-order chi connectivity index (χ1) is 8.16. The highest BCUT2D eigenvalue weighted by Crippen LogP contribution is 2.22. The van der Waals surface area contributed by atoms with E-state index in [0.717, 1.165) is 11.4 Å². The zero-order chi connectivity index (χ0) is 12.3. The summed E-state index contributed by atoms with van der Waals surface area (Å²) in [6, 6.07) is 7.36. The predicted octanol–water partition coefficient (Wildman–Crippen LogP) is 1.37. The van der Waals surface area contributed by atoms with Gasteiger partial charge in [-0.25, -0.2) is 4.98 Å². The second kappa shape index (κ2) is 4.97. The highest BCUT2D eigenvalue weighted by Gasteiger charge is 2.09. The minimum atomic E-state index is 0.0556. The summed E-state index contributed by atoms with van der Waals surface area (Å²) in [5, 5.41) is 17.2. The summed E-state index contributed by atoms with van der Waals surface area (Å²) in [6.07, 6.45) is 1.67. The first-order valence-corrected chi connectivity index (χ1v) is 5.52. The van der Waals surface area contributed by atoms with Crippen LogP contribution in [0.5, 0.6) is 5.75 Å². The van der Waals surface area contributed by atoms with Gasteiger partial charge >= 0.3 is 0 Å². The standard InChI is InChI=1S/C12H16N4O/c1-9(10-5-3-4-6-11(10)17)13-7-12-14-8-16(2)15-12/h3-6,8-9,13,17H,7H2,1-2H3. The van der Waals surface area contributed by atoms with Gasteiger partial charge in [-0.15, -0.1) is 0 Å². The number of aromatic nitrogens is 3. The molecule has 1 unspecified atom stereocenters. The molecule has 5 heteroatoms. The number of nitrogens with one attached hydrogen (secondary N) is 1. The fourth-order valence-corrected chi connectivity index (χ4v) is 1.67. The van der Waals surface area contributed by atoms with Crippen molar-refractivity contribution in [3.8, 4) is 5.75 Å². The molecule has 2 N–H and O–H groups in total.